The molecule has 0 bridgehead atoms. The molecule has 3 nitrogen and oxygen atoms in total. The summed E-state index contributed by atoms with van der Waals surface area (Å²) in [5.74, 6) is 1.90. The zero-order valence-electron chi connectivity index (χ0n) is 20.0. The Labute approximate surface area is 202 Å². The van der Waals surface area contributed by atoms with Crippen molar-refractivity contribution in [3.05, 3.63) is 95.8 Å². The van der Waals surface area contributed by atoms with E-state index in [-0.39, 0.29) is 0 Å². The molecular weight excluding hydrogens is 416 g/mol. The van der Waals surface area contributed by atoms with Crippen molar-refractivity contribution in [2.75, 3.05) is 5.32 Å². The molecule has 0 amide bonds. The molecule has 174 valence electrons. The summed E-state index contributed by atoms with van der Waals surface area (Å²) in [5.41, 5.74) is 5.44. The zero-order chi connectivity index (χ0) is 23.3. The van der Waals surface area contributed by atoms with Crippen molar-refractivity contribution < 1.29 is 5.11 Å². The van der Waals surface area contributed by atoms with Crippen LogP contribution in [0.5, 0.6) is 5.75 Å². The quantitative estimate of drug-likeness (QED) is 0.321. The number of anilines is 2. The summed E-state index contributed by atoms with van der Waals surface area (Å²) >= 11 is 0. The molecule has 3 heteroatoms. The molecular formula is C31H34N2O. The minimum Gasteiger partial charge on any atom is -0.508 e. The molecule has 0 unspecified atom stereocenters. The first-order valence-electron chi connectivity index (χ1n) is 12.7. The molecule has 34 heavy (non-hydrogen) atoms. The Kier molecular flexibility index (Phi) is 6.80. The smallest absolute Gasteiger partial charge is 0.119 e. The molecule has 1 heterocycles. The highest BCUT2D eigenvalue weighted by molar-refractivity contribution is 5.91. The molecule has 1 aliphatic rings. The maximum absolute atomic E-state index is 10.6. The third-order valence-corrected chi connectivity index (χ3v) is 7.36. The fourth-order valence-corrected chi connectivity index (χ4v) is 5.37. The molecule has 2 N–H and O–H groups in total. The number of rotatable bonds is 5. The van der Waals surface area contributed by atoms with Gasteiger partial charge in [0.1, 0.15) is 5.75 Å². The van der Waals surface area contributed by atoms with E-state index in [4.69, 9.17) is 0 Å². The number of fused-ring (bicyclic) bond motifs is 1. The van der Waals surface area contributed by atoms with Crippen molar-refractivity contribution in [3.63, 3.8) is 0 Å². The van der Waals surface area contributed by atoms with E-state index in [1.165, 1.54) is 44.1 Å². The van der Waals surface area contributed by atoms with Gasteiger partial charge in [-0.05, 0) is 83.5 Å². The summed E-state index contributed by atoms with van der Waals surface area (Å²) in [4.78, 5) is 4.45. The molecule has 0 aliphatic heterocycles. The van der Waals surface area contributed by atoms with Gasteiger partial charge in [0.15, 0.2) is 0 Å². The van der Waals surface area contributed by atoms with Crippen molar-refractivity contribution in [2.24, 2.45) is 5.92 Å². The highest BCUT2D eigenvalue weighted by atomic mass is 16.3. The van der Waals surface area contributed by atoms with Crippen LogP contribution < -0.4 is 5.32 Å². The van der Waals surface area contributed by atoms with Crippen LogP contribution >= 0.6 is 0 Å². The molecule has 1 saturated carbocycles. The topological polar surface area (TPSA) is 45.1 Å². The van der Waals surface area contributed by atoms with Crippen LogP contribution in [0.2, 0.25) is 0 Å². The normalized spacial score (nSPS) is 18.9. The average molecular weight is 451 g/mol. The average Bonchev–Trinajstić information content (AvgIpc) is 2.84. The van der Waals surface area contributed by atoms with Gasteiger partial charge < -0.3 is 10.4 Å². The largest absolute Gasteiger partial charge is 0.508 e. The predicted octanol–water partition coefficient (Wildman–Crippen LogP) is 8.35. The summed E-state index contributed by atoms with van der Waals surface area (Å²) in [6.07, 6.45) is 10.4. The van der Waals surface area contributed by atoms with E-state index >= 15 is 0 Å². The minimum absolute atomic E-state index is 0.313. The Morgan fingerprint density at radius 2 is 1.59 bits per heavy atom. The monoisotopic (exact) mass is 450 g/mol. The van der Waals surface area contributed by atoms with Crippen molar-refractivity contribution >= 4 is 22.1 Å². The van der Waals surface area contributed by atoms with E-state index in [0.29, 0.717) is 18.1 Å². The first kappa shape index (κ1) is 22.5. The highest BCUT2D eigenvalue weighted by Crippen LogP contribution is 2.34. The highest BCUT2D eigenvalue weighted by Gasteiger charge is 2.16. The fourth-order valence-electron chi connectivity index (χ4n) is 5.37. The fraction of sp³-hybridized carbons (Fsp3) is 0.323. The van der Waals surface area contributed by atoms with Gasteiger partial charge in [0, 0.05) is 35.2 Å². The van der Waals surface area contributed by atoms with E-state index in [1.807, 2.05) is 24.3 Å². The van der Waals surface area contributed by atoms with Crippen molar-refractivity contribution in [1.82, 2.24) is 4.98 Å². The van der Waals surface area contributed by atoms with Crippen LogP contribution in [0.3, 0.4) is 0 Å². The SMILES string of the molecule is CC1CCCC(c2ccc(Nc3ccc4ccc(O)c(Cc5ccccn5)c4c3)cc2)CCC1. The van der Waals surface area contributed by atoms with Gasteiger partial charge in [-0.15, -0.1) is 0 Å². The number of pyridine rings is 1. The number of aromatic hydroxyl groups is 1. The number of phenols is 1. The number of nitrogens with one attached hydrogen (secondary N) is 1. The van der Waals surface area contributed by atoms with E-state index in [9.17, 15) is 5.11 Å². The standard InChI is InChI=1S/C31H34N2O/c1-22-6-4-8-23(9-5-7-22)24-11-15-26(16-12-24)33-28-17-13-25-14-18-31(34)30(29(25)21-28)20-27-10-2-3-19-32-27/h2-3,10-19,21-23,33-34H,4-9,20H2,1H3. The molecule has 0 saturated heterocycles. The van der Waals surface area contributed by atoms with Crippen molar-refractivity contribution in [2.45, 2.75) is 57.8 Å². The minimum atomic E-state index is 0.313. The molecule has 3 aromatic carbocycles. The van der Waals surface area contributed by atoms with Gasteiger partial charge in [0.05, 0.1) is 0 Å². The van der Waals surface area contributed by atoms with Gasteiger partial charge in [-0.25, -0.2) is 0 Å². The second-order valence-electron chi connectivity index (χ2n) is 9.91. The Bertz CT molecular complexity index is 1220. The molecule has 5 rings (SSSR count). The Hall–Kier alpha value is -3.33. The predicted molar refractivity (Wildman–Crippen MR) is 142 cm³/mol. The Morgan fingerprint density at radius 3 is 2.32 bits per heavy atom. The number of nitrogens with zero attached hydrogens (tertiary/aromatic N) is 1. The van der Waals surface area contributed by atoms with Gasteiger partial charge in [0.25, 0.3) is 0 Å². The first-order valence-corrected chi connectivity index (χ1v) is 12.7. The molecule has 0 spiro atoms. The molecule has 0 atom stereocenters. The number of hydrogen-bond donors (Lipinski definition) is 2. The number of benzene rings is 3. The number of aromatic nitrogens is 1. The second kappa shape index (κ2) is 10.3. The van der Waals surface area contributed by atoms with Crippen LogP contribution in [-0.4, -0.2) is 10.1 Å². The first-order chi connectivity index (χ1) is 16.7. The Morgan fingerprint density at radius 1 is 0.853 bits per heavy atom. The zero-order valence-corrected chi connectivity index (χ0v) is 20.0. The van der Waals surface area contributed by atoms with Crippen LogP contribution in [-0.2, 0) is 6.42 Å². The van der Waals surface area contributed by atoms with Gasteiger partial charge >= 0.3 is 0 Å². The third kappa shape index (κ3) is 5.25. The summed E-state index contributed by atoms with van der Waals surface area (Å²) in [6, 6.07) is 25.0. The Balaban J connectivity index is 1.35. The lowest BCUT2D eigenvalue weighted by atomic mass is 9.83. The molecule has 0 radical (unpaired) electrons. The number of hydrogen-bond acceptors (Lipinski definition) is 3. The van der Waals surface area contributed by atoms with Gasteiger partial charge in [-0.1, -0.05) is 62.9 Å². The van der Waals surface area contributed by atoms with Crippen LogP contribution in [0.25, 0.3) is 10.8 Å². The van der Waals surface area contributed by atoms with Gasteiger partial charge in [-0.2, -0.15) is 0 Å². The van der Waals surface area contributed by atoms with Crippen molar-refractivity contribution in [3.8, 4) is 5.75 Å². The third-order valence-electron chi connectivity index (χ3n) is 7.36. The molecule has 1 aromatic heterocycles. The van der Waals surface area contributed by atoms with E-state index < -0.39 is 0 Å². The van der Waals surface area contributed by atoms with E-state index in [0.717, 1.165) is 39.3 Å². The summed E-state index contributed by atoms with van der Waals surface area (Å²) in [6.45, 7) is 2.40. The molecule has 1 fully saturated rings. The van der Waals surface area contributed by atoms with E-state index in [1.54, 1.807) is 12.3 Å². The van der Waals surface area contributed by atoms with Gasteiger partial charge in [0.2, 0.25) is 0 Å². The maximum Gasteiger partial charge on any atom is 0.119 e. The summed E-state index contributed by atoms with van der Waals surface area (Å²) in [7, 11) is 0. The molecule has 4 aromatic rings. The summed E-state index contributed by atoms with van der Waals surface area (Å²) in [5, 5.41) is 16.3. The van der Waals surface area contributed by atoms with Gasteiger partial charge in [-0.3, -0.25) is 4.98 Å². The maximum atomic E-state index is 10.6. The number of phenolic OH excluding ortho intramolecular Hbond substituents is 1. The van der Waals surface area contributed by atoms with Crippen molar-refractivity contribution in [1.29, 1.82) is 0 Å². The second-order valence-corrected chi connectivity index (χ2v) is 9.91. The summed E-state index contributed by atoms with van der Waals surface area (Å²) < 4.78 is 0. The lowest BCUT2D eigenvalue weighted by Gasteiger charge is -2.23. The lowest BCUT2D eigenvalue weighted by Crippen LogP contribution is -2.06. The van der Waals surface area contributed by atoms with Crippen LogP contribution in [0.1, 0.15) is 68.2 Å². The van der Waals surface area contributed by atoms with Crippen LogP contribution in [0.4, 0.5) is 11.4 Å². The van der Waals surface area contributed by atoms with Crippen LogP contribution in [0, 0.1) is 5.92 Å². The lowest BCUT2D eigenvalue weighted by molar-refractivity contribution is 0.378. The molecule has 1 aliphatic carbocycles. The van der Waals surface area contributed by atoms with Crippen LogP contribution in [0.15, 0.2) is 79.0 Å². The van der Waals surface area contributed by atoms with E-state index in [2.05, 4.69) is 59.7 Å².